The summed E-state index contributed by atoms with van der Waals surface area (Å²) in [6, 6.07) is 0. The van der Waals surface area contributed by atoms with Crippen molar-refractivity contribution in [3.63, 3.8) is 0 Å². The van der Waals surface area contributed by atoms with Crippen LogP contribution in [0.5, 0.6) is 0 Å². The van der Waals surface area contributed by atoms with Crippen molar-refractivity contribution in [2.75, 3.05) is 26.7 Å². The maximum Gasteiger partial charge on any atom is 0.0784 e. The number of hydrogen-bond acceptors (Lipinski definition) is 0. The van der Waals surface area contributed by atoms with Gasteiger partial charge in [-0.15, -0.1) is 0 Å². The summed E-state index contributed by atoms with van der Waals surface area (Å²) in [5, 5.41) is 0. The molecule has 0 amide bonds. The topological polar surface area (TPSA) is 0 Å². The van der Waals surface area contributed by atoms with E-state index >= 15 is 0 Å². The van der Waals surface area contributed by atoms with Gasteiger partial charge in [-0.1, -0.05) is 213 Å². The molecule has 266 valence electrons. The summed E-state index contributed by atoms with van der Waals surface area (Å²) in [4.78, 5) is 0. The molecule has 0 fully saturated rings. The molecule has 0 bridgehead atoms. The van der Waals surface area contributed by atoms with Gasteiger partial charge in [0.25, 0.3) is 0 Å². The minimum atomic E-state index is 1.37. The quantitative estimate of drug-likeness (QED) is 0.0473. The molecular formula is C43H90N+. The number of quaternary nitrogens is 1. The van der Waals surface area contributed by atoms with Crippen LogP contribution in [-0.2, 0) is 0 Å². The average Bonchev–Trinajstić information content (AvgIpc) is 3.02. The van der Waals surface area contributed by atoms with Crippen LogP contribution >= 0.6 is 0 Å². The second-order valence-corrected chi connectivity index (χ2v) is 15.5. The van der Waals surface area contributed by atoms with Crippen LogP contribution in [-0.4, -0.2) is 31.2 Å². The lowest BCUT2D eigenvalue weighted by atomic mass is 10.0. The summed E-state index contributed by atoms with van der Waals surface area (Å²) < 4.78 is 1.37. The molecule has 0 unspecified atom stereocenters. The van der Waals surface area contributed by atoms with E-state index in [-0.39, 0.29) is 0 Å². The van der Waals surface area contributed by atoms with E-state index in [4.69, 9.17) is 0 Å². The zero-order valence-corrected chi connectivity index (χ0v) is 32.0. The molecule has 0 rings (SSSR count). The number of hydrogen-bond donors (Lipinski definition) is 0. The van der Waals surface area contributed by atoms with Crippen molar-refractivity contribution in [3.8, 4) is 0 Å². The predicted octanol–water partition coefficient (Wildman–Crippen LogP) is 15.5. The Bertz CT molecular complexity index is 430. The van der Waals surface area contributed by atoms with E-state index < -0.39 is 0 Å². The van der Waals surface area contributed by atoms with Crippen LogP contribution in [0.15, 0.2) is 0 Å². The fourth-order valence-corrected chi connectivity index (χ4v) is 7.34. The molecule has 44 heavy (non-hydrogen) atoms. The Morgan fingerprint density at radius 3 is 0.500 bits per heavy atom. The molecule has 0 aliphatic heterocycles. The molecule has 0 saturated carbocycles. The van der Waals surface area contributed by atoms with Gasteiger partial charge in [0, 0.05) is 0 Å². The minimum Gasteiger partial charge on any atom is -0.326 e. The van der Waals surface area contributed by atoms with Crippen LogP contribution in [0, 0.1) is 0 Å². The summed E-state index contributed by atoms with van der Waals surface area (Å²) in [5.41, 5.74) is 0. The monoisotopic (exact) mass is 621 g/mol. The SMILES string of the molecule is CCCCCCCCCCCCCC[N+](C)(CCCCCCCCCCCCCC)CCCCCCCCCCCCCC. The Hall–Kier alpha value is -0.0400. The molecule has 1 nitrogen and oxygen atoms in total. The maximum absolute atomic E-state index is 2.62. The Morgan fingerprint density at radius 1 is 0.205 bits per heavy atom. The third kappa shape index (κ3) is 34.8. The van der Waals surface area contributed by atoms with Crippen molar-refractivity contribution in [1.82, 2.24) is 0 Å². The summed E-state index contributed by atoms with van der Waals surface area (Å²) in [5.74, 6) is 0. The standard InChI is InChI=1S/C43H90N/c1-5-8-11-14-17-20-23-26-29-32-35-38-41-44(4,42-39-36-33-30-27-24-21-18-15-12-9-6-2)43-40-37-34-31-28-25-22-19-16-13-10-7-3/h5-43H2,1-4H3/q+1. The molecule has 0 radical (unpaired) electrons. The van der Waals surface area contributed by atoms with E-state index in [0.29, 0.717) is 0 Å². The van der Waals surface area contributed by atoms with Crippen LogP contribution in [0.25, 0.3) is 0 Å². The first-order chi connectivity index (χ1) is 21.7. The second-order valence-electron chi connectivity index (χ2n) is 15.5. The fraction of sp³-hybridized carbons (Fsp3) is 1.00. The molecular weight excluding hydrogens is 530 g/mol. The normalized spacial score (nSPS) is 12.0. The number of unbranched alkanes of at least 4 members (excludes halogenated alkanes) is 33. The fourth-order valence-electron chi connectivity index (χ4n) is 7.34. The van der Waals surface area contributed by atoms with E-state index in [1.54, 1.807) is 0 Å². The largest absolute Gasteiger partial charge is 0.326 e. The van der Waals surface area contributed by atoms with Crippen molar-refractivity contribution in [2.24, 2.45) is 0 Å². The van der Waals surface area contributed by atoms with Gasteiger partial charge in [0.15, 0.2) is 0 Å². The van der Waals surface area contributed by atoms with Crippen molar-refractivity contribution in [1.29, 1.82) is 0 Å². The lowest BCUT2D eigenvalue weighted by Gasteiger charge is -2.35. The highest BCUT2D eigenvalue weighted by Crippen LogP contribution is 2.18. The summed E-state index contributed by atoms with van der Waals surface area (Å²) in [6.07, 6.45) is 52.7. The third-order valence-electron chi connectivity index (χ3n) is 10.7. The first kappa shape index (κ1) is 44.0. The highest BCUT2D eigenvalue weighted by Gasteiger charge is 2.20. The van der Waals surface area contributed by atoms with Crippen LogP contribution in [0.1, 0.15) is 252 Å². The van der Waals surface area contributed by atoms with E-state index in [9.17, 15) is 0 Å². The average molecular weight is 621 g/mol. The number of rotatable bonds is 39. The third-order valence-corrected chi connectivity index (χ3v) is 10.7. The highest BCUT2D eigenvalue weighted by atomic mass is 15.3. The molecule has 0 spiro atoms. The summed E-state index contributed by atoms with van der Waals surface area (Å²) in [7, 11) is 2.62. The smallest absolute Gasteiger partial charge is 0.0784 e. The van der Waals surface area contributed by atoms with Gasteiger partial charge >= 0.3 is 0 Å². The zero-order chi connectivity index (χ0) is 32.1. The molecule has 0 aliphatic carbocycles. The molecule has 0 saturated heterocycles. The van der Waals surface area contributed by atoms with Gasteiger partial charge in [0.2, 0.25) is 0 Å². The van der Waals surface area contributed by atoms with Crippen LogP contribution in [0.4, 0.5) is 0 Å². The van der Waals surface area contributed by atoms with Gasteiger partial charge in [-0.2, -0.15) is 0 Å². The number of nitrogens with zero attached hydrogens (tertiary/aromatic N) is 1. The maximum atomic E-state index is 2.62. The minimum absolute atomic E-state index is 1.37. The van der Waals surface area contributed by atoms with Gasteiger partial charge in [-0.05, 0) is 38.5 Å². The van der Waals surface area contributed by atoms with Crippen LogP contribution in [0.2, 0.25) is 0 Å². The Kier molecular flexibility index (Phi) is 37.4. The second kappa shape index (κ2) is 37.4. The van der Waals surface area contributed by atoms with Crippen molar-refractivity contribution in [2.45, 2.75) is 252 Å². The van der Waals surface area contributed by atoms with Gasteiger partial charge < -0.3 is 4.48 Å². The molecule has 0 atom stereocenters. The van der Waals surface area contributed by atoms with Gasteiger partial charge in [0.05, 0.1) is 26.7 Å². The lowest BCUT2D eigenvalue weighted by Crippen LogP contribution is -2.46. The van der Waals surface area contributed by atoms with Crippen LogP contribution in [0.3, 0.4) is 0 Å². The molecule has 0 aliphatic rings. The van der Waals surface area contributed by atoms with Crippen molar-refractivity contribution in [3.05, 3.63) is 0 Å². The Morgan fingerprint density at radius 2 is 0.341 bits per heavy atom. The van der Waals surface area contributed by atoms with Gasteiger partial charge in [0.1, 0.15) is 0 Å². The van der Waals surface area contributed by atoms with Gasteiger partial charge in [-0.3, -0.25) is 0 Å². The molecule has 0 aromatic carbocycles. The molecule has 1 heteroatoms. The molecule has 0 heterocycles. The van der Waals surface area contributed by atoms with E-state index in [0.717, 1.165) is 0 Å². The highest BCUT2D eigenvalue weighted by molar-refractivity contribution is 4.54. The molecule has 0 aromatic rings. The summed E-state index contributed by atoms with van der Waals surface area (Å²) >= 11 is 0. The van der Waals surface area contributed by atoms with Crippen molar-refractivity contribution >= 4 is 0 Å². The molecule has 0 N–H and O–H groups in total. The van der Waals surface area contributed by atoms with E-state index in [1.807, 2.05) is 0 Å². The first-order valence-electron chi connectivity index (χ1n) is 21.5. The Labute approximate surface area is 282 Å². The van der Waals surface area contributed by atoms with Gasteiger partial charge in [-0.25, -0.2) is 0 Å². The van der Waals surface area contributed by atoms with Crippen LogP contribution < -0.4 is 0 Å². The lowest BCUT2D eigenvalue weighted by molar-refractivity contribution is -0.910. The predicted molar refractivity (Wildman–Crippen MR) is 204 cm³/mol. The summed E-state index contributed by atoms with van der Waals surface area (Å²) in [6.45, 7) is 11.3. The zero-order valence-electron chi connectivity index (χ0n) is 32.0. The molecule has 0 aromatic heterocycles. The van der Waals surface area contributed by atoms with Crippen molar-refractivity contribution < 1.29 is 4.48 Å². The first-order valence-corrected chi connectivity index (χ1v) is 21.5. The Balaban J connectivity index is 4.06. The van der Waals surface area contributed by atoms with E-state index in [2.05, 4.69) is 27.8 Å². The van der Waals surface area contributed by atoms with E-state index in [1.165, 1.54) is 255 Å².